The van der Waals surface area contributed by atoms with Gasteiger partial charge in [-0.1, -0.05) is 72.3 Å². The number of amides is 1. The van der Waals surface area contributed by atoms with Crippen LogP contribution in [0.25, 0.3) is 5.69 Å². The van der Waals surface area contributed by atoms with Crippen LogP contribution in [-0.4, -0.2) is 28.6 Å². The van der Waals surface area contributed by atoms with Gasteiger partial charge in [0.1, 0.15) is 17.3 Å². The Morgan fingerprint density at radius 2 is 1.56 bits per heavy atom. The number of anilines is 1. The number of ether oxygens (including phenoxy) is 1. The number of aromatic nitrogens is 2. The molecule has 174 valence electrons. The second kappa shape index (κ2) is 9.98. The summed E-state index contributed by atoms with van der Waals surface area (Å²) in [5.41, 5.74) is 8.00. The number of benzene rings is 3. The molecule has 0 atom stereocenters. The van der Waals surface area contributed by atoms with E-state index in [1.807, 2.05) is 12.1 Å². The molecule has 4 rings (SSSR count). The van der Waals surface area contributed by atoms with Crippen molar-refractivity contribution >= 4 is 33.5 Å². The summed E-state index contributed by atoms with van der Waals surface area (Å²) in [5, 5.41) is 4.61. The summed E-state index contributed by atoms with van der Waals surface area (Å²) >= 11 is 5.94. The third-order valence-corrected chi connectivity index (χ3v) is 6.97. The Kier molecular flexibility index (Phi) is 6.85. The molecular formula is C24H21ClN4O4S. The van der Waals surface area contributed by atoms with Gasteiger partial charge >= 0.3 is 6.09 Å². The van der Waals surface area contributed by atoms with Crippen molar-refractivity contribution in [3.05, 3.63) is 107 Å². The number of para-hydroxylation sites is 1. The van der Waals surface area contributed by atoms with Crippen molar-refractivity contribution in [1.29, 1.82) is 0 Å². The van der Waals surface area contributed by atoms with Gasteiger partial charge in [0.2, 0.25) is 0 Å². The number of carbonyl (C=O) groups excluding carboxylic acids is 1. The summed E-state index contributed by atoms with van der Waals surface area (Å²) in [5.74, 6) is -0.122. The summed E-state index contributed by atoms with van der Waals surface area (Å²) in [6, 6.07) is 24.3. The normalized spacial score (nSPS) is 11.2. The zero-order valence-corrected chi connectivity index (χ0v) is 19.5. The smallest absolute Gasteiger partial charge is 0.424 e. The van der Waals surface area contributed by atoms with Gasteiger partial charge in [-0.25, -0.2) is 17.9 Å². The van der Waals surface area contributed by atoms with Crippen LogP contribution >= 0.6 is 11.6 Å². The van der Waals surface area contributed by atoms with E-state index in [0.717, 1.165) is 11.8 Å². The molecule has 10 heteroatoms. The molecule has 8 nitrogen and oxygen atoms in total. The molecule has 0 saturated carbocycles. The fraction of sp³-hybridized carbons (Fsp3) is 0.0833. The number of halogens is 1. The monoisotopic (exact) mass is 496 g/mol. The number of nitrogens with two attached hydrogens (primary N) is 1. The van der Waals surface area contributed by atoms with Crippen molar-refractivity contribution in [3.63, 3.8) is 0 Å². The second-order valence-corrected chi connectivity index (χ2v) is 9.59. The highest BCUT2D eigenvalue weighted by atomic mass is 35.5. The van der Waals surface area contributed by atoms with Crippen LogP contribution in [0.3, 0.4) is 0 Å². The number of nitrogen functional groups attached to an aromatic ring is 1. The quantitative estimate of drug-likeness (QED) is 0.399. The minimum atomic E-state index is -4.41. The van der Waals surface area contributed by atoms with Gasteiger partial charge in [-0.2, -0.15) is 9.40 Å². The summed E-state index contributed by atoms with van der Waals surface area (Å²) in [6.07, 6.45) is 0.0856. The SMILES string of the molecule is Nc1c(S(=O)(=O)N(Cc2ccc(Cl)cc2)C(=O)OCc2ccccc2)cnn1-c1ccccc1. The third-order valence-electron chi connectivity index (χ3n) is 4.99. The van der Waals surface area contributed by atoms with Gasteiger partial charge in [0.15, 0.2) is 0 Å². The molecule has 0 bridgehead atoms. The number of hydrogen-bond acceptors (Lipinski definition) is 6. The number of rotatable bonds is 7. The maximum Gasteiger partial charge on any atom is 0.424 e. The van der Waals surface area contributed by atoms with Crippen molar-refractivity contribution in [3.8, 4) is 5.69 Å². The number of sulfonamides is 1. The summed E-state index contributed by atoms with van der Waals surface area (Å²) in [6.45, 7) is -0.367. The van der Waals surface area contributed by atoms with Crippen LogP contribution in [0.2, 0.25) is 5.02 Å². The fourth-order valence-corrected chi connectivity index (χ4v) is 4.69. The highest BCUT2D eigenvalue weighted by Gasteiger charge is 2.34. The van der Waals surface area contributed by atoms with Gasteiger partial charge < -0.3 is 10.5 Å². The van der Waals surface area contributed by atoms with E-state index in [-0.39, 0.29) is 23.9 Å². The molecule has 0 radical (unpaired) electrons. The molecule has 0 saturated heterocycles. The molecule has 0 unspecified atom stereocenters. The lowest BCUT2D eigenvalue weighted by atomic mass is 10.2. The molecule has 1 amide bonds. The van der Waals surface area contributed by atoms with E-state index in [1.165, 1.54) is 4.68 Å². The Morgan fingerprint density at radius 3 is 2.21 bits per heavy atom. The molecule has 34 heavy (non-hydrogen) atoms. The Hall–Kier alpha value is -3.82. The van der Waals surface area contributed by atoms with Crippen LogP contribution in [0.5, 0.6) is 0 Å². The highest BCUT2D eigenvalue weighted by molar-refractivity contribution is 7.89. The molecule has 0 aliphatic rings. The average Bonchev–Trinajstić information content (AvgIpc) is 3.25. The van der Waals surface area contributed by atoms with E-state index in [2.05, 4.69) is 5.10 Å². The number of carbonyl (C=O) groups is 1. The number of nitrogens with zero attached hydrogens (tertiary/aromatic N) is 3. The van der Waals surface area contributed by atoms with Crippen LogP contribution in [0.4, 0.5) is 10.6 Å². The van der Waals surface area contributed by atoms with Crippen LogP contribution in [0.15, 0.2) is 96.0 Å². The van der Waals surface area contributed by atoms with Crippen molar-refractivity contribution in [1.82, 2.24) is 14.1 Å². The first-order chi connectivity index (χ1) is 16.4. The van der Waals surface area contributed by atoms with E-state index in [9.17, 15) is 13.2 Å². The lowest BCUT2D eigenvalue weighted by Gasteiger charge is -2.22. The van der Waals surface area contributed by atoms with Gasteiger partial charge in [0.25, 0.3) is 10.0 Å². The largest absolute Gasteiger partial charge is 0.444 e. The predicted octanol–water partition coefficient (Wildman–Crippen LogP) is 4.64. The summed E-state index contributed by atoms with van der Waals surface area (Å²) in [4.78, 5) is 12.7. The molecule has 1 aromatic heterocycles. The molecule has 0 spiro atoms. The standard InChI is InChI=1S/C24H21ClN4O4S/c25-20-13-11-18(12-14-20)16-28(24(30)33-17-19-7-3-1-4-8-19)34(31,32)22-15-27-29(23(22)26)21-9-5-2-6-10-21/h1-15H,16-17,26H2. The first-order valence-corrected chi connectivity index (χ1v) is 12.0. The molecular weight excluding hydrogens is 476 g/mol. The van der Waals surface area contributed by atoms with Gasteiger partial charge in [0, 0.05) is 5.02 Å². The minimum Gasteiger partial charge on any atom is -0.444 e. The highest BCUT2D eigenvalue weighted by Crippen LogP contribution is 2.27. The Morgan fingerprint density at radius 1 is 0.941 bits per heavy atom. The van der Waals surface area contributed by atoms with Crippen LogP contribution < -0.4 is 5.73 Å². The average molecular weight is 497 g/mol. The molecule has 0 aliphatic carbocycles. The number of hydrogen-bond donors (Lipinski definition) is 1. The van der Waals surface area contributed by atoms with E-state index in [1.54, 1.807) is 72.8 Å². The van der Waals surface area contributed by atoms with E-state index < -0.39 is 16.1 Å². The first-order valence-electron chi connectivity index (χ1n) is 10.2. The lowest BCUT2D eigenvalue weighted by Crippen LogP contribution is -2.37. The Balaban J connectivity index is 1.67. The fourth-order valence-electron chi connectivity index (χ4n) is 3.23. The van der Waals surface area contributed by atoms with Crippen molar-refractivity contribution in [2.45, 2.75) is 18.0 Å². The van der Waals surface area contributed by atoms with Gasteiger partial charge in [0.05, 0.1) is 18.4 Å². The van der Waals surface area contributed by atoms with E-state index in [0.29, 0.717) is 20.6 Å². The zero-order chi connectivity index (χ0) is 24.1. The van der Waals surface area contributed by atoms with Gasteiger partial charge in [-0.05, 0) is 35.4 Å². The van der Waals surface area contributed by atoms with Crippen molar-refractivity contribution in [2.75, 3.05) is 5.73 Å². The Labute approximate surface area is 202 Å². The lowest BCUT2D eigenvalue weighted by molar-refractivity contribution is 0.117. The first kappa shape index (κ1) is 23.3. The van der Waals surface area contributed by atoms with Crippen LogP contribution in [0.1, 0.15) is 11.1 Å². The van der Waals surface area contributed by atoms with Crippen molar-refractivity contribution in [2.24, 2.45) is 0 Å². The summed E-state index contributed by atoms with van der Waals surface area (Å²) < 4.78 is 34.4. The Bertz CT molecular complexity index is 1380. The third kappa shape index (κ3) is 5.05. The maximum atomic E-state index is 13.6. The van der Waals surface area contributed by atoms with Crippen molar-refractivity contribution < 1.29 is 17.9 Å². The molecule has 3 aromatic carbocycles. The van der Waals surface area contributed by atoms with Gasteiger partial charge in [-0.15, -0.1) is 0 Å². The van der Waals surface area contributed by atoms with Gasteiger partial charge in [-0.3, -0.25) is 0 Å². The topological polar surface area (TPSA) is 108 Å². The summed E-state index contributed by atoms with van der Waals surface area (Å²) in [7, 11) is -4.41. The molecule has 0 aliphatic heterocycles. The molecule has 2 N–H and O–H groups in total. The second-order valence-electron chi connectivity index (χ2n) is 7.32. The van der Waals surface area contributed by atoms with E-state index in [4.69, 9.17) is 22.1 Å². The predicted molar refractivity (Wildman–Crippen MR) is 129 cm³/mol. The molecule has 0 fully saturated rings. The maximum absolute atomic E-state index is 13.6. The van der Waals surface area contributed by atoms with Crippen LogP contribution in [0, 0.1) is 0 Å². The zero-order valence-electron chi connectivity index (χ0n) is 17.9. The minimum absolute atomic E-state index is 0.0922. The molecule has 4 aromatic rings. The molecule has 1 heterocycles. The van der Waals surface area contributed by atoms with Crippen LogP contribution in [-0.2, 0) is 27.9 Å². The van der Waals surface area contributed by atoms with E-state index >= 15 is 0 Å².